The van der Waals surface area contributed by atoms with E-state index in [2.05, 4.69) is 10.3 Å². The van der Waals surface area contributed by atoms with Gasteiger partial charge in [-0.15, -0.1) is 0 Å². The van der Waals surface area contributed by atoms with E-state index in [4.69, 9.17) is 4.74 Å². The zero-order valence-corrected chi connectivity index (χ0v) is 13.8. The molecule has 6 heteroatoms. The number of carbonyl (C=O) groups is 1. The summed E-state index contributed by atoms with van der Waals surface area (Å²) in [6.07, 6.45) is 5.63. The molecule has 4 nitrogen and oxygen atoms in total. The predicted molar refractivity (Wildman–Crippen MR) is 84.7 cm³/mol. The van der Waals surface area contributed by atoms with E-state index in [0.29, 0.717) is 30.3 Å². The number of halogens is 1. The van der Waals surface area contributed by atoms with Crippen LogP contribution in [0.25, 0.3) is 0 Å². The van der Waals surface area contributed by atoms with E-state index in [1.54, 1.807) is 6.92 Å². The maximum absolute atomic E-state index is 15.3. The maximum Gasteiger partial charge on any atom is 0.267 e. The number of amides is 1. The molecule has 4 aliphatic rings. The van der Waals surface area contributed by atoms with E-state index in [1.165, 1.54) is 37.4 Å². The van der Waals surface area contributed by atoms with Gasteiger partial charge >= 0.3 is 0 Å². The summed E-state index contributed by atoms with van der Waals surface area (Å²) in [5.74, 6) is 1.21. The van der Waals surface area contributed by atoms with E-state index in [9.17, 15) is 4.79 Å². The van der Waals surface area contributed by atoms with Crippen LogP contribution in [0.5, 0.6) is 0 Å². The number of fused-ring (bicyclic) bond motifs is 2. The first-order valence-corrected chi connectivity index (χ1v) is 9.17. The Labute approximate surface area is 134 Å². The zero-order valence-electron chi connectivity index (χ0n) is 12.9. The number of amidine groups is 1. The molecule has 2 aliphatic carbocycles. The third-order valence-electron chi connectivity index (χ3n) is 6.10. The highest BCUT2D eigenvalue weighted by Crippen LogP contribution is 2.50. The van der Waals surface area contributed by atoms with Gasteiger partial charge < -0.3 is 10.1 Å². The van der Waals surface area contributed by atoms with Crippen molar-refractivity contribution in [3.05, 3.63) is 0 Å². The van der Waals surface area contributed by atoms with Crippen LogP contribution in [-0.2, 0) is 9.53 Å². The molecule has 4 rings (SSSR count). The van der Waals surface area contributed by atoms with E-state index < -0.39 is 10.4 Å². The molecule has 3 fully saturated rings. The Kier molecular flexibility index (Phi) is 3.53. The number of aliphatic imine (C=N–C) groups is 1. The number of alkyl halides is 1. The summed E-state index contributed by atoms with van der Waals surface area (Å²) < 4.78 is 19.5. The van der Waals surface area contributed by atoms with E-state index in [1.807, 2.05) is 0 Å². The fourth-order valence-corrected chi connectivity index (χ4v) is 5.80. The molecular weight excluding hydrogens is 303 g/mol. The second kappa shape index (κ2) is 5.20. The van der Waals surface area contributed by atoms with Crippen LogP contribution < -0.4 is 5.32 Å². The van der Waals surface area contributed by atoms with Gasteiger partial charge in [0.15, 0.2) is 5.17 Å². The van der Waals surface area contributed by atoms with Crippen molar-refractivity contribution in [3.63, 3.8) is 0 Å². The third-order valence-corrected chi connectivity index (χ3v) is 7.45. The van der Waals surface area contributed by atoms with Gasteiger partial charge in [-0.25, -0.2) is 4.39 Å². The molecule has 2 bridgehead atoms. The lowest BCUT2D eigenvalue weighted by Crippen LogP contribution is -2.53. The molecule has 2 saturated carbocycles. The van der Waals surface area contributed by atoms with Crippen molar-refractivity contribution in [2.75, 3.05) is 13.2 Å². The van der Waals surface area contributed by atoms with Crippen LogP contribution in [-0.4, -0.2) is 40.7 Å². The summed E-state index contributed by atoms with van der Waals surface area (Å²) in [5.41, 5.74) is -1.52. The van der Waals surface area contributed by atoms with Gasteiger partial charge in [0.1, 0.15) is 10.4 Å². The molecule has 4 atom stereocenters. The molecule has 0 aromatic rings. The van der Waals surface area contributed by atoms with Crippen LogP contribution in [0.2, 0.25) is 0 Å². The molecule has 1 amide bonds. The Morgan fingerprint density at radius 3 is 2.73 bits per heavy atom. The number of carbonyl (C=O) groups excluding carboxylic acids is 1. The Bertz CT molecular complexity index is 520. The largest absolute Gasteiger partial charge is 0.381 e. The van der Waals surface area contributed by atoms with Gasteiger partial charge in [0.05, 0.1) is 0 Å². The Morgan fingerprint density at radius 1 is 1.32 bits per heavy atom. The Hall–Kier alpha value is -0.620. The average Bonchev–Trinajstić information content (AvgIpc) is 3.16. The Balaban J connectivity index is 1.46. The normalized spacial score (nSPS) is 43.5. The lowest BCUT2D eigenvalue weighted by Gasteiger charge is -2.40. The van der Waals surface area contributed by atoms with Crippen molar-refractivity contribution in [3.8, 4) is 0 Å². The first-order valence-electron chi connectivity index (χ1n) is 8.35. The van der Waals surface area contributed by atoms with Crippen LogP contribution in [0, 0.1) is 11.8 Å². The Morgan fingerprint density at radius 2 is 2.09 bits per heavy atom. The van der Waals surface area contributed by atoms with Gasteiger partial charge in [-0.05, 0) is 38.0 Å². The highest BCUT2D eigenvalue weighted by Gasteiger charge is 2.59. The number of thioether (sulfide) groups is 1. The molecule has 1 unspecified atom stereocenters. The number of ether oxygens (including phenoxy) is 1. The fourth-order valence-electron chi connectivity index (χ4n) is 4.56. The highest BCUT2D eigenvalue weighted by molar-refractivity contribution is 8.16. The van der Waals surface area contributed by atoms with Gasteiger partial charge in [0.25, 0.3) is 5.91 Å². The van der Waals surface area contributed by atoms with E-state index in [-0.39, 0.29) is 18.7 Å². The van der Waals surface area contributed by atoms with Crippen molar-refractivity contribution < 1.29 is 13.9 Å². The van der Waals surface area contributed by atoms with Crippen LogP contribution >= 0.6 is 11.8 Å². The van der Waals surface area contributed by atoms with Crippen molar-refractivity contribution in [2.45, 2.75) is 61.9 Å². The SMILES string of the molecule is CC1(C2(F)CCOCC2)SC(N[C@H]2C[C@@H]3CC[C@H]2C3)=NC1=O. The minimum absolute atomic E-state index is 0.277. The van der Waals surface area contributed by atoms with Crippen LogP contribution in [0.3, 0.4) is 0 Å². The second-order valence-electron chi connectivity index (χ2n) is 7.36. The predicted octanol–water partition coefficient (Wildman–Crippen LogP) is 2.67. The summed E-state index contributed by atoms with van der Waals surface area (Å²) >= 11 is 1.30. The molecule has 0 radical (unpaired) electrons. The third kappa shape index (κ3) is 2.21. The van der Waals surface area contributed by atoms with Crippen molar-refractivity contribution in [1.82, 2.24) is 5.32 Å². The van der Waals surface area contributed by atoms with Crippen LogP contribution in [0.4, 0.5) is 4.39 Å². The summed E-state index contributed by atoms with van der Waals surface area (Å²) in [4.78, 5) is 16.6. The minimum Gasteiger partial charge on any atom is -0.381 e. The lowest BCUT2D eigenvalue weighted by atomic mass is 9.82. The number of nitrogens with zero attached hydrogens (tertiary/aromatic N) is 1. The van der Waals surface area contributed by atoms with Gasteiger partial charge in [0.2, 0.25) is 0 Å². The molecule has 122 valence electrons. The second-order valence-corrected chi connectivity index (χ2v) is 8.77. The number of hydrogen-bond donors (Lipinski definition) is 1. The fraction of sp³-hybridized carbons (Fsp3) is 0.875. The van der Waals surface area contributed by atoms with E-state index in [0.717, 1.165) is 5.92 Å². The zero-order chi connectivity index (χ0) is 15.4. The van der Waals surface area contributed by atoms with E-state index >= 15 is 4.39 Å². The summed E-state index contributed by atoms with van der Waals surface area (Å²) in [6, 6.07) is 0.422. The summed E-state index contributed by atoms with van der Waals surface area (Å²) in [6.45, 7) is 2.48. The first-order chi connectivity index (χ1) is 10.5. The minimum atomic E-state index is -1.52. The summed E-state index contributed by atoms with van der Waals surface area (Å²) in [5, 5.41) is 4.08. The molecule has 2 heterocycles. The van der Waals surface area contributed by atoms with Crippen LogP contribution in [0.15, 0.2) is 4.99 Å². The molecule has 0 aromatic carbocycles. The monoisotopic (exact) mass is 326 g/mol. The van der Waals surface area contributed by atoms with Gasteiger partial charge in [-0.3, -0.25) is 4.79 Å². The van der Waals surface area contributed by atoms with Crippen molar-refractivity contribution in [2.24, 2.45) is 16.8 Å². The standard InChI is InChI=1S/C16H23FN2O2S/c1-15(16(17)4-6-21-7-5-16)13(20)19-14(22-15)18-12-9-10-2-3-11(12)8-10/h10-12H,2-9H2,1H3,(H,18,19,20)/t10-,11+,12+,15?/m1/s1. The van der Waals surface area contributed by atoms with Gasteiger partial charge in [-0.1, -0.05) is 18.2 Å². The number of rotatable bonds is 2. The first kappa shape index (κ1) is 14.9. The molecule has 1 saturated heterocycles. The topological polar surface area (TPSA) is 50.7 Å². The van der Waals surface area contributed by atoms with Gasteiger partial charge in [0, 0.05) is 32.1 Å². The molecule has 0 spiro atoms. The van der Waals surface area contributed by atoms with Crippen molar-refractivity contribution >= 4 is 22.8 Å². The average molecular weight is 326 g/mol. The smallest absolute Gasteiger partial charge is 0.267 e. The molecule has 0 aromatic heterocycles. The van der Waals surface area contributed by atoms with Gasteiger partial charge in [-0.2, -0.15) is 4.99 Å². The molecule has 1 N–H and O–H groups in total. The molecule has 2 aliphatic heterocycles. The van der Waals surface area contributed by atoms with Crippen molar-refractivity contribution in [1.29, 1.82) is 0 Å². The highest BCUT2D eigenvalue weighted by atomic mass is 32.2. The molecular formula is C16H23FN2O2S. The molecule has 22 heavy (non-hydrogen) atoms. The lowest BCUT2D eigenvalue weighted by molar-refractivity contribution is -0.126. The maximum atomic E-state index is 15.3. The quantitative estimate of drug-likeness (QED) is 0.848. The van der Waals surface area contributed by atoms with Crippen LogP contribution in [0.1, 0.15) is 45.4 Å². The summed E-state index contributed by atoms with van der Waals surface area (Å²) in [7, 11) is 0. The number of nitrogens with one attached hydrogen (secondary N) is 1. The number of hydrogen-bond acceptors (Lipinski definition) is 4.